The van der Waals surface area contributed by atoms with Gasteiger partial charge in [0.25, 0.3) is 5.91 Å². The van der Waals surface area contributed by atoms with Gasteiger partial charge in [-0.1, -0.05) is 29.4 Å². The molecule has 2 heterocycles. The fourth-order valence-electron chi connectivity index (χ4n) is 2.06. The minimum absolute atomic E-state index is 0.165. The quantitative estimate of drug-likeness (QED) is 0.604. The molecule has 2 aromatic heterocycles. The van der Waals surface area contributed by atoms with E-state index in [0.717, 1.165) is 5.56 Å². The number of furan rings is 1. The van der Waals surface area contributed by atoms with Gasteiger partial charge in [0.1, 0.15) is 5.03 Å². The zero-order chi connectivity index (χ0) is 19.2. The molecule has 0 radical (unpaired) electrons. The number of thioether (sulfide) groups is 1. The van der Waals surface area contributed by atoms with Gasteiger partial charge in [-0.15, -0.1) is 10.2 Å². The predicted molar refractivity (Wildman–Crippen MR) is 104 cm³/mol. The molecule has 3 aromatic rings. The van der Waals surface area contributed by atoms with Crippen LogP contribution in [0.4, 0.5) is 11.5 Å². The molecule has 0 aliphatic heterocycles. The topological polar surface area (TPSA) is 97.1 Å². The molecule has 0 spiro atoms. The zero-order valence-corrected chi connectivity index (χ0v) is 15.8. The van der Waals surface area contributed by atoms with E-state index >= 15 is 0 Å². The number of hydrogen-bond donors (Lipinski definition) is 2. The molecule has 0 bridgehead atoms. The highest BCUT2D eigenvalue weighted by Gasteiger charge is 2.10. The fourth-order valence-corrected chi connectivity index (χ4v) is 2.85. The average molecular weight is 403 g/mol. The minimum Gasteiger partial charge on any atom is -0.459 e. The van der Waals surface area contributed by atoms with Gasteiger partial charge in [-0.05, 0) is 48.9 Å². The van der Waals surface area contributed by atoms with E-state index < -0.39 is 5.91 Å². The number of carbonyl (C=O) groups excluding carboxylic acids is 2. The van der Waals surface area contributed by atoms with E-state index in [0.29, 0.717) is 21.6 Å². The molecule has 27 heavy (non-hydrogen) atoms. The molecular formula is C18H15ClN4O3S. The molecule has 0 aliphatic rings. The summed E-state index contributed by atoms with van der Waals surface area (Å²) < 4.78 is 5.00. The lowest BCUT2D eigenvalue weighted by Crippen LogP contribution is -2.14. The first-order chi connectivity index (χ1) is 13.0. The van der Waals surface area contributed by atoms with Crippen molar-refractivity contribution in [2.75, 3.05) is 16.4 Å². The Kier molecular flexibility index (Phi) is 6.10. The first-order valence-corrected chi connectivity index (χ1v) is 9.25. The number of aryl methyl sites for hydroxylation is 1. The maximum atomic E-state index is 12.0. The summed E-state index contributed by atoms with van der Waals surface area (Å²) in [6, 6.07) is 11.8. The third-order valence-corrected chi connectivity index (χ3v) is 4.76. The van der Waals surface area contributed by atoms with E-state index in [1.54, 1.807) is 36.4 Å². The van der Waals surface area contributed by atoms with Crippen LogP contribution in [0.2, 0.25) is 5.02 Å². The Bertz CT molecular complexity index is 946. The number of amides is 2. The first kappa shape index (κ1) is 18.9. The normalized spacial score (nSPS) is 10.4. The van der Waals surface area contributed by atoms with Crippen molar-refractivity contribution in [3.8, 4) is 0 Å². The lowest BCUT2D eigenvalue weighted by molar-refractivity contribution is -0.113. The van der Waals surface area contributed by atoms with Crippen molar-refractivity contribution in [3.05, 3.63) is 65.1 Å². The molecule has 0 saturated heterocycles. The van der Waals surface area contributed by atoms with Crippen LogP contribution >= 0.6 is 23.4 Å². The van der Waals surface area contributed by atoms with Crippen molar-refractivity contribution in [1.82, 2.24) is 10.2 Å². The van der Waals surface area contributed by atoms with Gasteiger partial charge in [-0.2, -0.15) is 0 Å². The van der Waals surface area contributed by atoms with Gasteiger partial charge in [0, 0.05) is 10.7 Å². The molecule has 0 unspecified atom stereocenters. The molecular weight excluding hydrogens is 388 g/mol. The fraction of sp³-hybridized carbons (Fsp3) is 0.111. The number of nitrogens with one attached hydrogen (secondary N) is 2. The Morgan fingerprint density at radius 1 is 1.15 bits per heavy atom. The molecule has 0 aliphatic carbocycles. The number of benzene rings is 1. The molecule has 138 valence electrons. The minimum atomic E-state index is -0.411. The summed E-state index contributed by atoms with van der Waals surface area (Å²) in [5.74, 6) is 0.0449. The second-order valence-electron chi connectivity index (χ2n) is 5.49. The molecule has 0 fully saturated rings. The largest absolute Gasteiger partial charge is 0.459 e. The van der Waals surface area contributed by atoms with Crippen LogP contribution in [-0.4, -0.2) is 27.8 Å². The number of halogens is 1. The van der Waals surface area contributed by atoms with Crippen LogP contribution in [0.5, 0.6) is 0 Å². The van der Waals surface area contributed by atoms with E-state index in [2.05, 4.69) is 20.8 Å². The van der Waals surface area contributed by atoms with E-state index in [1.165, 1.54) is 18.0 Å². The summed E-state index contributed by atoms with van der Waals surface area (Å²) in [6.45, 7) is 1.89. The Balaban J connectivity index is 1.50. The number of anilines is 2. The first-order valence-electron chi connectivity index (χ1n) is 7.88. The highest BCUT2D eigenvalue weighted by Crippen LogP contribution is 2.21. The predicted octanol–water partition coefficient (Wildman–Crippen LogP) is 4.01. The van der Waals surface area contributed by atoms with Gasteiger partial charge in [0.05, 0.1) is 12.0 Å². The monoisotopic (exact) mass is 402 g/mol. The van der Waals surface area contributed by atoms with Gasteiger partial charge < -0.3 is 15.1 Å². The SMILES string of the molecule is Cc1ccc(NC(=O)CSc2ccc(NC(=O)c3ccco3)nn2)cc1Cl. The van der Waals surface area contributed by atoms with Gasteiger partial charge in [-0.3, -0.25) is 9.59 Å². The maximum absolute atomic E-state index is 12.0. The molecule has 9 heteroatoms. The Hall–Kier alpha value is -2.84. The highest BCUT2D eigenvalue weighted by molar-refractivity contribution is 7.99. The van der Waals surface area contributed by atoms with E-state index in [1.807, 2.05) is 13.0 Å². The van der Waals surface area contributed by atoms with Gasteiger partial charge in [0.15, 0.2) is 11.6 Å². The van der Waals surface area contributed by atoms with Crippen molar-refractivity contribution in [3.63, 3.8) is 0 Å². The van der Waals surface area contributed by atoms with Gasteiger partial charge in [0.2, 0.25) is 5.91 Å². The molecule has 3 rings (SSSR count). The number of hydrogen-bond acceptors (Lipinski definition) is 6. The molecule has 2 N–H and O–H groups in total. The van der Waals surface area contributed by atoms with Gasteiger partial charge in [-0.25, -0.2) is 0 Å². The second-order valence-corrected chi connectivity index (χ2v) is 6.89. The number of rotatable bonds is 6. The summed E-state index contributed by atoms with van der Waals surface area (Å²) in [5.41, 5.74) is 1.58. The maximum Gasteiger partial charge on any atom is 0.292 e. The van der Waals surface area contributed by atoms with Crippen LogP contribution in [0.15, 0.2) is 58.2 Å². The van der Waals surface area contributed by atoms with Crippen molar-refractivity contribution >= 4 is 46.7 Å². The summed E-state index contributed by atoms with van der Waals surface area (Å²) in [7, 11) is 0. The second kappa shape index (κ2) is 8.70. The molecule has 0 saturated carbocycles. The van der Waals surface area contributed by atoms with Crippen molar-refractivity contribution < 1.29 is 14.0 Å². The van der Waals surface area contributed by atoms with E-state index in [9.17, 15) is 9.59 Å². The summed E-state index contributed by atoms with van der Waals surface area (Å²) in [6.07, 6.45) is 1.41. The van der Waals surface area contributed by atoms with Crippen molar-refractivity contribution in [1.29, 1.82) is 0 Å². The third-order valence-electron chi connectivity index (χ3n) is 3.43. The average Bonchev–Trinajstić information content (AvgIpc) is 3.19. The van der Waals surface area contributed by atoms with Crippen LogP contribution in [-0.2, 0) is 4.79 Å². The number of aromatic nitrogens is 2. The van der Waals surface area contributed by atoms with Crippen LogP contribution in [0, 0.1) is 6.92 Å². The summed E-state index contributed by atoms with van der Waals surface area (Å²) in [5, 5.41) is 14.4. The van der Waals surface area contributed by atoms with Crippen molar-refractivity contribution in [2.45, 2.75) is 11.9 Å². The highest BCUT2D eigenvalue weighted by atomic mass is 35.5. The lowest BCUT2D eigenvalue weighted by Gasteiger charge is -2.07. The zero-order valence-electron chi connectivity index (χ0n) is 14.2. The lowest BCUT2D eigenvalue weighted by atomic mass is 10.2. The van der Waals surface area contributed by atoms with Crippen LogP contribution < -0.4 is 10.6 Å². The molecule has 2 amide bonds. The third kappa shape index (κ3) is 5.32. The van der Waals surface area contributed by atoms with Crippen LogP contribution in [0.3, 0.4) is 0 Å². The van der Waals surface area contributed by atoms with Crippen molar-refractivity contribution in [2.24, 2.45) is 0 Å². The smallest absolute Gasteiger partial charge is 0.292 e. The Morgan fingerprint density at radius 2 is 2.00 bits per heavy atom. The Morgan fingerprint density at radius 3 is 2.67 bits per heavy atom. The number of nitrogens with zero attached hydrogens (tertiary/aromatic N) is 2. The standard InChI is InChI=1S/C18H15ClN4O3S/c1-11-4-5-12(9-13(11)19)20-16(24)10-27-17-7-6-15(22-23-17)21-18(25)14-3-2-8-26-14/h2-9H,10H2,1H3,(H,20,24)(H,21,22,25). The van der Waals surface area contributed by atoms with E-state index in [-0.39, 0.29) is 17.4 Å². The molecule has 1 aromatic carbocycles. The van der Waals surface area contributed by atoms with Crippen LogP contribution in [0.25, 0.3) is 0 Å². The molecule has 7 nitrogen and oxygen atoms in total. The summed E-state index contributed by atoms with van der Waals surface area (Å²) in [4.78, 5) is 23.9. The Labute approximate surface area is 164 Å². The van der Waals surface area contributed by atoms with E-state index in [4.69, 9.17) is 16.0 Å². The number of carbonyl (C=O) groups is 2. The van der Waals surface area contributed by atoms with Crippen LogP contribution in [0.1, 0.15) is 16.1 Å². The van der Waals surface area contributed by atoms with Gasteiger partial charge >= 0.3 is 0 Å². The summed E-state index contributed by atoms with van der Waals surface area (Å²) >= 11 is 7.27. The molecule has 0 atom stereocenters.